The number of carboxylic acid groups (broad SMARTS) is 2. The van der Waals surface area contributed by atoms with Crippen molar-refractivity contribution in [2.75, 3.05) is 6.67 Å². The van der Waals surface area contributed by atoms with Gasteiger partial charge in [-0.05, 0) is 0 Å². The smallest absolute Gasteiger partial charge is 0.456 e. The van der Waals surface area contributed by atoms with Crippen LogP contribution < -0.4 is 0 Å². The first kappa shape index (κ1) is 22.2. The second-order valence-corrected chi connectivity index (χ2v) is 2.42. The minimum Gasteiger partial charge on any atom is -0.478 e. The standard InChI is InChI=1S/C3H2F6.2C3H4O2/c4-1-2(5,6)3(7,8)9;2*1-2-3(4)5/h1H2;2*2H,1H2,(H,4,5). The van der Waals surface area contributed by atoms with Crippen LogP contribution in [-0.4, -0.2) is 40.9 Å². The summed E-state index contributed by atoms with van der Waals surface area (Å²) < 4.78 is 65.6. The van der Waals surface area contributed by atoms with Gasteiger partial charge in [0, 0.05) is 12.2 Å². The van der Waals surface area contributed by atoms with Crippen LogP contribution in [0.1, 0.15) is 0 Å². The van der Waals surface area contributed by atoms with Gasteiger partial charge in [0.15, 0.2) is 6.67 Å². The van der Waals surface area contributed by atoms with E-state index in [0.29, 0.717) is 0 Å². The maximum absolute atomic E-state index is 11.2. The Hall–Kier alpha value is -2.00. The summed E-state index contributed by atoms with van der Waals surface area (Å²) in [4.78, 5) is 18.5. The van der Waals surface area contributed by atoms with Crippen LogP contribution >= 0.6 is 0 Å². The van der Waals surface area contributed by atoms with E-state index in [1.807, 2.05) is 0 Å². The predicted molar refractivity (Wildman–Crippen MR) is 52.6 cm³/mol. The van der Waals surface area contributed by atoms with Crippen LogP contribution in [0.25, 0.3) is 0 Å². The third-order valence-electron chi connectivity index (χ3n) is 0.932. The van der Waals surface area contributed by atoms with E-state index in [2.05, 4.69) is 13.2 Å². The molecule has 0 radical (unpaired) electrons. The fourth-order valence-corrected chi connectivity index (χ4v) is 0.0758. The molecule has 0 amide bonds. The number of rotatable bonds is 3. The molecule has 0 aromatic rings. The Morgan fingerprint density at radius 3 is 1.16 bits per heavy atom. The Morgan fingerprint density at radius 2 is 1.16 bits per heavy atom. The van der Waals surface area contributed by atoms with Gasteiger partial charge in [-0.2, -0.15) is 22.0 Å². The Kier molecular flexibility index (Phi) is 11.7. The van der Waals surface area contributed by atoms with Gasteiger partial charge in [-0.1, -0.05) is 13.2 Å². The second-order valence-electron chi connectivity index (χ2n) is 2.42. The van der Waals surface area contributed by atoms with Crippen LogP contribution in [0.3, 0.4) is 0 Å². The number of alkyl halides is 6. The van der Waals surface area contributed by atoms with E-state index < -0.39 is 30.7 Å². The molecule has 0 rings (SSSR count). The zero-order valence-electron chi connectivity index (χ0n) is 9.25. The molecule has 0 heterocycles. The lowest BCUT2D eigenvalue weighted by Gasteiger charge is -2.14. The lowest BCUT2D eigenvalue weighted by Crippen LogP contribution is -2.38. The first-order valence-electron chi connectivity index (χ1n) is 4.07. The van der Waals surface area contributed by atoms with Gasteiger partial charge in [-0.25, -0.2) is 14.0 Å². The molecule has 0 aliphatic heterocycles. The van der Waals surface area contributed by atoms with Crippen molar-refractivity contribution in [1.82, 2.24) is 0 Å². The molecule has 112 valence electrons. The van der Waals surface area contributed by atoms with Gasteiger partial charge in [0.25, 0.3) is 0 Å². The Balaban J connectivity index is -0.000000219. The van der Waals surface area contributed by atoms with Crippen molar-refractivity contribution in [2.45, 2.75) is 12.1 Å². The van der Waals surface area contributed by atoms with Crippen molar-refractivity contribution in [3.63, 3.8) is 0 Å². The maximum atomic E-state index is 11.2. The Bertz CT molecular complexity index is 292. The van der Waals surface area contributed by atoms with Crippen LogP contribution in [-0.2, 0) is 9.59 Å². The summed E-state index contributed by atoms with van der Waals surface area (Å²) in [5.41, 5.74) is 0. The molecule has 0 aliphatic carbocycles. The first-order valence-corrected chi connectivity index (χ1v) is 4.07. The molecule has 0 aromatic carbocycles. The number of hydrogen-bond donors (Lipinski definition) is 2. The molecule has 0 aliphatic rings. The monoisotopic (exact) mass is 296 g/mol. The molecule has 0 aromatic heterocycles. The molecular weight excluding hydrogens is 286 g/mol. The van der Waals surface area contributed by atoms with E-state index in [1.54, 1.807) is 0 Å². The highest BCUT2D eigenvalue weighted by atomic mass is 19.4. The van der Waals surface area contributed by atoms with E-state index in [-0.39, 0.29) is 0 Å². The van der Waals surface area contributed by atoms with E-state index in [1.165, 1.54) is 0 Å². The highest BCUT2D eigenvalue weighted by molar-refractivity contribution is 5.79. The summed E-state index contributed by atoms with van der Waals surface area (Å²) in [6, 6.07) is 0. The average Bonchev–Trinajstić information content (AvgIpc) is 2.29. The quantitative estimate of drug-likeness (QED) is 0.620. The molecule has 19 heavy (non-hydrogen) atoms. The summed E-state index contributed by atoms with van der Waals surface area (Å²) in [6.07, 6.45) is -4.10. The summed E-state index contributed by atoms with van der Waals surface area (Å²) in [7, 11) is 0. The normalized spacial score (nSPS) is 10.0. The number of hydrogen-bond acceptors (Lipinski definition) is 2. The fraction of sp³-hybridized carbons (Fsp3) is 0.333. The van der Waals surface area contributed by atoms with Crippen molar-refractivity contribution >= 4 is 11.9 Å². The van der Waals surface area contributed by atoms with Crippen LogP contribution in [0, 0.1) is 0 Å². The third-order valence-corrected chi connectivity index (χ3v) is 0.932. The lowest BCUT2D eigenvalue weighted by molar-refractivity contribution is -0.286. The molecule has 0 saturated heterocycles. The zero-order chi connectivity index (χ0) is 16.3. The Morgan fingerprint density at radius 1 is 0.947 bits per heavy atom. The molecule has 0 spiro atoms. The van der Waals surface area contributed by atoms with E-state index >= 15 is 0 Å². The topological polar surface area (TPSA) is 74.6 Å². The number of halogens is 6. The van der Waals surface area contributed by atoms with Gasteiger partial charge in [-0.3, -0.25) is 0 Å². The molecule has 10 heteroatoms. The molecule has 0 bridgehead atoms. The Labute approximate surface area is 103 Å². The largest absolute Gasteiger partial charge is 0.478 e. The maximum Gasteiger partial charge on any atom is 0.456 e. The zero-order valence-corrected chi connectivity index (χ0v) is 9.25. The van der Waals surface area contributed by atoms with Gasteiger partial charge in [0.05, 0.1) is 0 Å². The SMILES string of the molecule is C=CC(=O)O.C=CC(=O)O.FCC(F)(F)C(F)(F)F. The molecule has 2 N–H and O–H groups in total. The minimum absolute atomic E-state index is 0.833. The van der Waals surface area contributed by atoms with Crippen molar-refractivity contribution in [3.05, 3.63) is 25.3 Å². The summed E-state index contributed by atoms with van der Waals surface area (Å²) in [5.74, 6) is -7.15. The lowest BCUT2D eigenvalue weighted by atomic mass is 10.4. The average molecular weight is 296 g/mol. The number of aliphatic carboxylic acids is 2. The predicted octanol–water partition coefficient (Wildman–Crippen LogP) is 2.67. The van der Waals surface area contributed by atoms with Crippen molar-refractivity contribution in [2.24, 2.45) is 0 Å². The first-order chi connectivity index (χ1) is 8.35. The van der Waals surface area contributed by atoms with Crippen LogP contribution in [0.5, 0.6) is 0 Å². The van der Waals surface area contributed by atoms with Gasteiger partial charge in [-0.15, -0.1) is 0 Å². The van der Waals surface area contributed by atoms with E-state index in [0.717, 1.165) is 12.2 Å². The molecule has 0 unspecified atom stereocenters. The van der Waals surface area contributed by atoms with E-state index in [4.69, 9.17) is 10.2 Å². The third kappa shape index (κ3) is 16.0. The van der Waals surface area contributed by atoms with Crippen molar-refractivity contribution < 1.29 is 46.1 Å². The summed E-state index contributed by atoms with van der Waals surface area (Å²) in [5, 5.41) is 15.2. The van der Waals surface area contributed by atoms with Crippen LogP contribution in [0.4, 0.5) is 26.3 Å². The van der Waals surface area contributed by atoms with Crippen molar-refractivity contribution in [1.29, 1.82) is 0 Å². The van der Waals surface area contributed by atoms with Gasteiger partial charge < -0.3 is 10.2 Å². The van der Waals surface area contributed by atoms with E-state index in [9.17, 15) is 35.9 Å². The fourth-order valence-electron chi connectivity index (χ4n) is 0.0758. The summed E-state index contributed by atoms with van der Waals surface area (Å²) >= 11 is 0. The highest BCUT2D eigenvalue weighted by Gasteiger charge is 2.57. The van der Waals surface area contributed by atoms with Crippen LogP contribution in [0.15, 0.2) is 25.3 Å². The van der Waals surface area contributed by atoms with Crippen molar-refractivity contribution in [3.8, 4) is 0 Å². The molecule has 0 atom stereocenters. The van der Waals surface area contributed by atoms with Crippen LogP contribution in [0.2, 0.25) is 0 Å². The molecule has 0 saturated carbocycles. The molecule has 0 fully saturated rings. The minimum atomic E-state index is -5.76. The molecule has 4 nitrogen and oxygen atoms in total. The van der Waals surface area contributed by atoms with Gasteiger partial charge in [0.2, 0.25) is 0 Å². The second kappa shape index (κ2) is 9.97. The number of carboxylic acids is 2. The highest BCUT2D eigenvalue weighted by Crippen LogP contribution is 2.35. The molecular formula is C9H10F6O4. The van der Waals surface area contributed by atoms with Gasteiger partial charge >= 0.3 is 24.0 Å². The summed E-state index contributed by atoms with van der Waals surface area (Å²) in [6.45, 7) is 3.22. The number of carbonyl (C=O) groups is 2. The van der Waals surface area contributed by atoms with Gasteiger partial charge in [0.1, 0.15) is 0 Å².